The lowest BCUT2D eigenvalue weighted by molar-refractivity contribution is 0.308. The van der Waals surface area contributed by atoms with E-state index in [2.05, 4.69) is 62.6 Å². The normalized spacial score (nSPS) is 18.1. The molecule has 0 saturated heterocycles. The summed E-state index contributed by atoms with van der Waals surface area (Å²) >= 11 is 0. The molecule has 0 unspecified atom stereocenters. The number of aromatic amines is 1. The largest absolute Gasteiger partial charge is 0.328 e. The predicted octanol–water partition coefficient (Wildman–Crippen LogP) is 4.58. The molecule has 2 heterocycles. The van der Waals surface area contributed by atoms with E-state index in [9.17, 15) is 0 Å². The van der Waals surface area contributed by atoms with Crippen LogP contribution >= 0.6 is 0 Å². The number of hydrogen-bond donors (Lipinski definition) is 2. The minimum absolute atomic E-state index is 0.396. The van der Waals surface area contributed by atoms with E-state index >= 15 is 0 Å². The van der Waals surface area contributed by atoms with Gasteiger partial charge in [0.15, 0.2) is 5.82 Å². The van der Waals surface area contributed by atoms with Gasteiger partial charge in [-0.2, -0.15) is 10.3 Å². The van der Waals surface area contributed by atoms with Crippen LogP contribution in [0.1, 0.15) is 62.7 Å². The van der Waals surface area contributed by atoms with Crippen LogP contribution in [0, 0.1) is 5.92 Å². The Morgan fingerprint density at radius 1 is 0.971 bits per heavy atom. The number of aromatic nitrogens is 7. The molecule has 4 aromatic rings. The number of nitrogens with one attached hydrogen (secondary N) is 1. The van der Waals surface area contributed by atoms with Gasteiger partial charge in [-0.3, -0.25) is 0 Å². The van der Waals surface area contributed by atoms with Crippen molar-refractivity contribution >= 4 is 0 Å². The monoisotopic (exact) mass is 470 g/mol. The summed E-state index contributed by atoms with van der Waals surface area (Å²) in [6, 6.07) is 17.2. The number of nitrogens with two attached hydrogens (primary N) is 1. The highest BCUT2D eigenvalue weighted by molar-refractivity contribution is 5.80. The van der Waals surface area contributed by atoms with Crippen LogP contribution in [-0.4, -0.2) is 41.4 Å². The summed E-state index contributed by atoms with van der Waals surface area (Å²) in [6.45, 7) is 2.91. The molecule has 3 N–H and O–H groups in total. The summed E-state index contributed by atoms with van der Waals surface area (Å²) in [5, 5.41) is 19.4. The standard InChI is InChI=1S/C27H34N8/c1-2-5-25-29-26(17-12-19-10-15-22(28)16-11-19)35(32-25)18-20-8-13-21(14-9-20)23-6-3-4-7-24(23)27-30-33-34-31-27/h3-4,6-9,13-14,19,22H,2,5,10-12,15-18,28H2,1H3,(H,30,31,33,34). The molecule has 1 fully saturated rings. The van der Waals surface area contributed by atoms with Crippen LogP contribution in [0.15, 0.2) is 48.5 Å². The molecule has 35 heavy (non-hydrogen) atoms. The van der Waals surface area contributed by atoms with E-state index in [0.717, 1.165) is 72.9 Å². The second-order valence-electron chi connectivity index (χ2n) is 9.65. The predicted molar refractivity (Wildman–Crippen MR) is 136 cm³/mol. The van der Waals surface area contributed by atoms with Gasteiger partial charge in [-0.25, -0.2) is 9.67 Å². The molecule has 8 nitrogen and oxygen atoms in total. The molecule has 0 aliphatic heterocycles. The molecule has 0 atom stereocenters. The summed E-state index contributed by atoms with van der Waals surface area (Å²) in [6.07, 6.45) is 8.91. The van der Waals surface area contributed by atoms with Crippen LogP contribution in [-0.2, 0) is 19.4 Å². The Hall–Kier alpha value is -3.39. The molecule has 5 rings (SSSR count). The first-order valence-electron chi connectivity index (χ1n) is 12.8. The Balaban J connectivity index is 1.31. The second-order valence-corrected chi connectivity index (χ2v) is 9.65. The van der Waals surface area contributed by atoms with Gasteiger partial charge >= 0.3 is 0 Å². The zero-order valence-corrected chi connectivity index (χ0v) is 20.4. The van der Waals surface area contributed by atoms with Gasteiger partial charge in [0.1, 0.15) is 5.82 Å². The number of aryl methyl sites for hydroxylation is 2. The molecule has 0 radical (unpaired) electrons. The number of hydrogen-bond acceptors (Lipinski definition) is 6. The third-order valence-electron chi connectivity index (χ3n) is 7.04. The van der Waals surface area contributed by atoms with Gasteiger partial charge in [-0.05, 0) is 66.3 Å². The highest BCUT2D eigenvalue weighted by atomic mass is 15.5. The van der Waals surface area contributed by atoms with E-state index in [1.165, 1.54) is 24.8 Å². The number of nitrogens with zero attached hydrogens (tertiary/aromatic N) is 6. The zero-order chi connectivity index (χ0) is 24.0. The SMILES string of the molecule is CCCc1nc(CCC2CCC(N)CC2)n(Cc2ccc(-c3ccccc3-c3nn[nH]n3)cc2)n1. The van der Waals surface area contributed by atoms with Gasteiger partial charge in [-0.1, -0.05) is 55.5 Å². The molecule has 1 aliphatic carbocycles. The van der Waals surface area contributed by atoms with Crippen molar-refractivity contribution in [2.24, 2.45) is 11.7 Å². The maximum atomic E-state index is 6.09. The van der Waals surface area contributed by atoms with Crippen LogP contribution in [0.3, 0.4) is 0 Å². The Morgan fingerprint density at radius 3 is 2.46 bits per heavy atom. The van der Waals surface area contributed by atoms with Crippen LogP contribution in [0.2, 0.25) is 0 Å². The average Bonchev–Trinajstić information content (AvgIpc) is 3.55. The van der Waals surface area contributed by atoms with E-state index in [0.29, 0.717) is 11.9 Å². The van der Waals surface area contributed by atoms with Crippen LogP contribution < -0.4 is 5.73 Å². The number of H-pyrrole nitrogens is 1. The van der Waals surface area contributed by atoms with Crippen molar-refractivity contribution in [2.45, 2.75) is 70.9 Å². The Labute approximate surface area is 206 Å². The molecule has 0 spiro atoms. The highest BCUT2D eigenvalue weighted by Crippen LogP contribution is 2.30. The molecule has 0 bridgehead atoms. The second kappa shape index (κ2) is 10.9. The highest BCUT2D eigenvalue weighted by Gasteiger charge is 2.20. The summed E-state index contributed by atoms with van der Waals surface area (Å²) in [4.78, 5) is 4.91. The van der Waals surface area contributed by atoms with Crippen LogP contribution in [0.4, 0.5) is 0 Å². The summed E-state index contributed by atoms with van der Waals surface area (Å²) in [5.41, 5.74) is 10.5. The quantitative estimate of drug-likeness (QED) is 0.370. The van der Waals surface area contributed by atoms with Gasteiger partial charge in [0.25, 0.3) is 0 Å². The number of benzene rings is 2. The lowest BCUT2D eigenvalue weighted by atomic mass is 9.84. The lowest BCUT2D eigenvalue weighted by Gasteiger charge is -2.25. The fourth-order valence-corrected chi connectivity index (χ4v) is 5.05. The molecular weight excluding hydrogens is 436 g/mol. The molecular formula is C27H34N8. The van der Waals surface area contributed by atoms with E-state index < -0.39 is 0 Å². The van der Waals surface area contributed by atoms with Crippen molar-refractivity contribution in [3.8, 4) is 22.5 Å². The lowest BCUT2D eigenvalue weighted by Crippen LogP contribution is -2.26. The minimum atomic E-state index is 0.396. The van der Waals surface area contributed by atoms with Gasteiger partial charge < -0.3 is 5.73 Å². The van der Waals surface area contributed by atoms with Crippen LogP contribution in [0.25, 0.3) is 22.5 Å². The summed E-state index contributed by atoms with van der Waals surface area (Å²) in [7, 11) is 0. The smallest absolute Gasteiger partial charge is 0.205 e. The fourth-order valence-electron chi connectivity index (χ4n) is 5.05. The van der Waals surface area contributed by atoms with E-state index in [1.807, 2.05) is 18.2 Å². The van der Waals surface area contributed by atoms with E-state index in [4.69, 9.17) is 15.8 Å². The van der Waals surface area contributed by atoms with Crippen molar-refractivity contribution in [3.05, 3.63) is 65.7 Å². The first kappa shape index (κ1) is 23.4. The third-order valence-corrected chi connectivity index (χ3v) is 7.04. The Kier molecular flexibility index (Phi) is 7.28. The van der Waals surface area contributed by atoms with Crippen molar-refractivity contribution in [2.75, 3.05) is 0 Å². The van der Waals surface area contributed by atoms with Crippen molar-refractivity contribution < 1.29 is 0 Å². The molecule has 1 aliphatic rings. The molecule has 182 valence electrons. The maximum Gasteiger partial charge on any atom is 0.205 e. The maximum absolute atomic E-state index is 6.09. The molecule has 8 heteroatoms. The summed E-state index contributed by atoms with van der Waals surface area (Å²) < 4.78 is 2.11. The number of tetrazole rings is 1. The van der Waals surface area contributed by atoms with Gasteiger partial charge in [0, 0.05) is 24.4 Å². The first-order chi connectivity index (χ1) is 17.2. The Morgan fingerprint density at radius 2 is 1.74 bits per heavy atom. The first-order valence-corrected chi connectivity index (χ1v) is 12.8. The summed E-state index contributed by atoms with van der Waals surface area (Å²) in [5.74, 6) is 3.42. The fraction of sp³-hybridized carbons (Fsp3) is 0.444. The third kappa shape index (κ3) is 5.65. The Bertz CT molecular complexity index is 1200. The van der Waals surface area contributed by atoms with E-state index in [1.54, 1.807) is 0 Å². The van der Waals surface area contributed by atoms with Gasteiger partial charge in [0.05, 0.1) is 6.54 Å². The van der Waals surface area contributed by atoms with Crippen LogP contribution in [0.5, 0.6) is 0 Å². The topological polar surface area (TPSA) is 111 Å². The number of rotatable bonds is 9. The molecule has 0 amide bonds. The van der Waals surface area contributed by atoms with Crippen molar-refractivity contribution in [3.63, 3.8) is 0 Å². The minimum Gasteiger partial charge on any atom is -0.328 e. The van der Waals surface area contributed by atoms with Gasteiger partial charge in [-0.15, -0.1) is 10.2 Å². The van der Waals surface area contributed by atoms with Crippen molar-refractivity contribution in [1.82, 2.24) is 35.4 Å². The molecule has 2 aromatic carbocycles. The van der Waals surface area contributed by atoms with Gasteiger partial charge in [0.2, 0.25) is 5.82 Å². The molecule has 2 aromatic heterocycles. The zero-order valence-electron chi connectivity index (χ0n) is 20.4. The van der Waals surface area contributed by atoms with Crippen molar-refractivity contribution in [1.29, 1.82) is 0 Å². The van der Waals surface area contributed by atoms with E-state index in [-0.39, 0.29) is 0 Å². The molecule has 1 saturated carbocycles. The average molecular weight is 471 g/mol.